The van der Waals surface area contributed by atoms with Gasteiger partial charge in [-0.05, 0) is 5.56 Å². The molecule has 1 aromatic carbocycles. The van der Waals surface area contributed by atoms with Gasteiger partial charge in [0.15, 0.2) is 6.04 Å². The van der Waals surface area contributed by atoms with Crippen molar-refractivity contribution in [1.29, 1.82) is 0 Å². The Labute approximate surface area is 125 Å². The summed E-state index contributed by atoms with van der Waals surface area (Å²) in [5, 5.41) is 2.65. The zero-order valence-electron chi connectivity index (χ0n) is 10.6. The van der Waals surface area contributed by atoms with E-state index in [1.54, 1.807) is 0 Å². The van der Waals surface area contributed by atoms with Crippen molar-refractivity contribution in [2.24, 2.45) is 0 Å². The summed E-state index contributed by atoms with van der Waals surface area (Å²) in [6, 6.07) is 8.62. The first kappa shape index (κ1) is 19.1. The summed E-state index contributed by atoms with van der Waals surface area (Å²) in [6.07, 6.45) is 0.102. The number of benzene rings is 1. The maximum Gasteiger partial charge on any atom is 0.441 e. The number of quaternary nitrogens is 1. The van der Waals surface area contributed by atoms with E-state index in [2.05, 4.69) is 11.1 Å². The molecule has 0 aromatic heterocycles. The summed E-state index contributed by atoms with van der Waals surface area (Å²) < 4.78 is 35.8. The van der Waals surface area contributed by atoms with Crippen LogP contribution < -0.4 is 23.5 Å². The molecule has 8 heteroatoms. The van der Waals surface area contributed by atoms with Crippen LogP contribution >= 0.6 is 11.8 Å². The SMILES string of the molecule is [Cl-].[NH3+][C@@H](CCSC(F)(F)F)C(=O)NCc1ccccc1. The van der Waals surface area contributed by atoms with Gasteiger partial charge in [0.05, 0.1) is 0 Å². The van der Waals surface area contributed by atoms with Gasteiger partial charge in [-0.2, -0.15) is 13.2 Å². The monoisotopic (exact) mass is 328 g/mol. The number of nitrogens with one attached hydrogen (secondary N) is 1. The zero-order valence-corrected chi connectivity index (χ0v) is 12.2. The second-order valence-corrected chi connectivity index (χ2v) is 5.14. The molecule has 0 heterocycles. The molecule has 0 aliphatic heterocycles. The van der Waals surface area contributed by atoms with E-state index in [1.165, 1.54) is 0 Å². The van der Waals surface area contributed by atoms with Crippen LogP contribution in [0.3, 0.4) is 0 Å². The summed E-state index contributed by atoms with van der Waals surface area (Å²) in [7, 11) is 0. The maximum absolute atomic E-state index is 11.9. The van der Waals surface area contributed by atoms with E-state index in [1.807, 2.05) is 30.3 Å². The number of amides is 1. The Morgan fingerprint density at radius 3 is 2.45 bits per heavy atom. The van der Waals surface area contributed by atoms with Crippen LogP contribution in [0.25, 0.3) is 0 Å². The zero-order chi connectivity index (χ0) is 14.3. The topological polar surface area (TPSA) is 56.7 Å². The molecule has 0 aliphatic rings. The normalized spacial score (nSPS) is 12.4. The van der Waals surface area contributed by atoms with Crippen LogP contribution in [0.2, 0.25) is 0 Å². The van der Waals surface area contributed by atoms with Crippen molar-refractivity contribution in [3.8, 4) is 0 Å². The first-order valence-corrected chi connectivity index (χ1v) is 6.72. The van der Waals surface area contributed by atoms with Crippen LogP contribution in [0.15, 0.2) is 30.3 Å². The van der Waals surface area contributed by atoms with Gasteiger partial charge in [0, 0.05) is 18.7 Å². The molecular formula is C12H16ClF3N2OS. The number of alkyl halides is 3. The Morgan fingerprint density at radius 1 is 1.30 bits per heavy atom. The molecule has 3 nitrogen and oxygen atoms in total. The van der Waals surface area contributed by atoms with Crippen LogP contribution in [0.5, 0.6) is 0 Å². The van der Waals surface area contributed by atoms with Crippen LogP contribution in [0.4, 0.5) is 13.2 Å². The molecular weight excluding hydrogens is 313 g/mol. The minimum atomic E-state index is -4.25. The molecule has 1 aromatic rings. The van der Waals surface area contributed by atoms with E-state index in [0.717, 1.165) is 5.56 Å². The predicted octanol–water partition coefficient (Wildman–Crippen LogP) is -1.44. The lowest BCUT2D eigenvalue weighted by Crippen LogP contribution is -3.00. The lowest BCUT2D eigenvalue weighted by Gasteiger charge is -2.10. The van der Waals surface area contributed by atoms with Crippen molar-refractivity contribution in [2.45, 2.75) is 24.5 Å². The number of rotatable bonds is 6. The fraction of sp³-hybridized carbons (Fsp3) is 0.417. The number of carbonyl (C=O) groups excluding carboxylic acids is 1. The van der Waals surface area contributed by atoms with Crippen molar-refractivity contribution in [1.82, 2.24) is 5.32 Å². The van der Waals surface area contributed by atoms with Gasteiger partial charge < -0.3 is 23.5 Å². The predicted molar refractivity (Wildman–Crippen MR) is 68.1 cm³/mol. The fourth-order valence-electron chi connectivity index (χ4n) is 1.38. The first-order chi connectivity index (χ1) is 8.88. The summed E-state index contributed by atoms with van der Waals surface area (Å²) in [4.78, 5) is 11.6. The van der Waals surface area contributed by atoms with Gasteiger partial charge in [-0.1, -0.05) is 42.1 Å². The van der Waals surface area contributed by atoms with Gasteiger partial charge in [0.2, 0.25) is 0 Å². The Bertz CT molecular complexity index is 403. The van der Waals surface area contributed by atoms with Crippen LogP contribution in [0.1, 0.15) is 12.0 Å². The van der Waals surface area contributed by atoms with E-state index < -0.39 is 11.6 Å². The lowest BCUT2D eigenvalue weighted by molar-refractivity contribution is -0.404. The molecule has 1 rings (SSSR count). The highest BCUT2D eigenvalue weighted by Crippen LogP contribution is 2.30. The second-order valence-electron chi connectivity index (χ2n) is 3.98. The lowest BCUT2D eigenvalue weighted by atomic mass is 10.2. The molecule has 0 saturated carbocycles. The van der Waals surface area contributed by atoms with Gasteiger partial charge in [0.25, 0.3) is 5.91 Å². The van der Waals surface area contributed by atoms with E-state index in [9.17, 15) is 18.0 Å². The molecule has 0 aliphatic carbocycles. The first-order valence-electron chi connectivity index (χ1n) is 5.74. The molecule has 0 unspecified atom stereocenters. The van der Waals surface area contributed by atoms with Gasteiger partial charge in [-0.15, -0.1) is 0 Å². The van der Waals surface area contributed by atoms with Crippen molar-refractivity contribution in [3.63, 3.8) is 0 Å². The molecule has 0 spiro atoms. The van der Waals surface area contributed by atoms with Crippen LogP contribution in [-0.4, -0.2) is 23.2 Å². The quantitative estimate of drug-likeness (QED) is 0.672. The minimum absolute atomic E-state index is 0. The van der Waals surface area contributed by atoms with Crippen LogP contribution in [-0.2, 0) is 11.3 Å². The molecule has 4 N–H and O–H groups in total. The Hall–Kier alpha value is -0.920. The smallest absolute Gasteiger partial charge is 0.441 e. The third kappa shape index (κ3) is 8.29. The van der Waals surface area contributed by atoms with Gasteiger partial charge in [0.1, 0.15) is 0 Å². The Balaban J connectivity index is 0.00000361. The molecule has 1 amide bonds. The van der Waals surface area contributed by atoms with Crippen molar-refractivity contribution < 1.29 is 36.1 Å². The number of hydrogen-bond acceptors (Lipinski definition) is 2. The second kappa shape index (κ2) is 9.10. The standard InChI is InChI=1S/C12H15F3N2OS.ClH/c13-12(14,15)19-7-6-10(16)11(18)17-8-9-4-2-1-3-5-9;/h1-5,10H,6-8,16H2,(H,17,18);1H/t10-;/m0./s1. The molecule has 0 radical (unpaired) electrons. The summed E-state index contributed by atoms with van der Waals surface area (Å²) in [5.74, 6) is -0.484. The van der Waals surface area contributed by atoms with Crippen molar-refractivity contribution in [2.75, 3.05) is 5.75 Å². The molecule has 0 saturated heterocycles. The number of thioether (sulfide) groups is 1. The summed E-state index contributed by atoms with van der Waals surface area (Å²) in [6.45, 7) is 0.359. The number of hydrogen-bond donors (Lipinski definition) is 2. The third-order valence-corrected chi connectivity index (χ3v) is 3.18. The summed E-state index contributed by atoms with van der Waals surface area (Å²) in [5.41, 5.74) is 0.265. The van der Waals surface area contributed by atoms with E-state index in [4.69, 9.17) is 0 Å². The van der Waals surface area contributed by atoms with Crippen LogP contribution in [0, 0.1) is 0 Å². The average Bonchev–Trinajstić information content (AvgIpc) is 2.35. The highest BCUT2D eigenvalue weighted by Gasteiger charge is 2.29. The Morgan fingerprint density at radius 2 is 1.90 bits per heavy atom. The van der Waals surface area contributed by atoms with Gasteiger partial charge in [-0.25, -0.2) is 0 Å². The third-order valence-electron chi connectivity index (χ3n) is 2.41. The largest absolute Gasteiger partial charge is 1.00 e. The molecule has 0 bridgehead atoms. The van der Waals surface area contributed by atoms with Gasteiger partial charge >= 0.3 is 5.51 Å². The summed E-state index contributed by atoms with van der Waals surface area (Å²) >= 11 is -0.126. The van der Waals surface area contributed by atoms with E-state index in [-0.39, 0.29) is 42.2 Å². The number of carbonyl (C=O) groups is 1. The number of halogens is 4. The van der Waals surface area contributed by atoms with E-state index in [0.29, 0.717) is 6.54 Å². The molecule has 0 fully saturated rings. The highest BCUT2D eigenvalue weighted by molar-refractivity contribution is 8.00. The maximum atomic E-state index is 11.9. The average molecular weight is 329 g/mol. The fourth-order valence-corrected chi connectivity index (χ4v) is 2.01. The van der Waals surface area contributed by atoms with Crippen molar-refractivity contribution in [3.05, 3.63) is 35.9 Å². The molecule has 1 atom stereocenters. The minimum Gasteiger partial charge on any atom is -1.00 e. The molecule has 114 valence electrons. The Kier molecular flexibility index (Phi) is 8.68. The van der Waals surface area contributed by atoms with E-state index >= 15 is 0 Å². The van der Waals surface area contributed by atoms with Crippen molar-refractivity contribution >= 4 is 17.7 Å². The highest BCUT2D eigenvalue weighted by atomic mass is 35.5. The van der Waals surface area contributed by atoms with Gasteiger partial charge in [-0.3, -0.25) is 4.79 Å². The molecule has 20 heavy (non-hydrogen) atoms.